The van der Waals surface area contributed by atoms with E-state index in [1.807, 2.05) is 39.0 Å². The van der Waals surface area contributed by atoms with E-state index in [1.54, 1.807) is 62.6 Å². The summed E-state index contributed by atoms with van der Waals surface area (Å²) >= 11 is 0. The van der Waals surface area contributed by atoms with E-state index in [1.165, 1.54) is 0 Å². The van der Waals surface area contributed by atoms with Gasteiger partial charge in [0.05, 0.1) is 23.4 Å². The van der Waals surface area contributed by atoms with Crippen LogP contribution >= 0.6 is 0 Å². The molecule has 3 rings (SSSR count). The van der Waals surface area contributed by atoms with E-state index < -0.39 is 22.5 Å². The summed E-state index contributed by atoms with van der Waals surface area (Å²) in [6.07, 6.45) is 0. The fourth-order valence-electron chi connectivity index (χ4n) is 3.46. The van der Waals surface area contributed by atoms with Gasteiger partial charge >= 0.3 is 0 Å². The number of aryl methyl sites for hydroxylation is 3. The lowest BCUT2D eigenvalue weighted by Gasteiger charge is -2.24. The number of carbonyl (C=O) groups is 1. The third-order valence-corrected chi connectivity index (χ3v) is 7.03. The molecule has 8 heteroatoms. The van der Waals surface area contributed by atoms with Crippen LogP contribution in [0.4, 0.5) is 5.69 Å². The number of hydrogen-bond acceptors (Lipinski definition) is 5. The summed E-state index contributed by atoms with van der Waals surface area (Å²) in [4.78, 5) is 12.9. The van der Waals surface area contributed by atoms with Gasteiger partial charge in [-0.2, -0.15) is 5.10 Å². The van der Waals surface area contributed by atoms with Gasteiger partial charge in [0.2, 0.25) is 0 Å². The highest BCUT2D eigenvalue weighted by Gasteiger charge is 2.27. The molecule has 0 aromatic heterocycles. The number of nitrogens with zero attached hydrogens (tertiary/aromatic N) is 2. The predicted molar refractivity (Wildman–Crippen MR) is 135 cm³/mol. The Morgan fingerprint density at radius 1 is 0.912 bits per heavy atom. The minimum absolute atomic E-state index is 0.114. The Hall–Kier alpha value is -3.65. The van der Waals surface area contributed by atoms with E-state index in [0.29, 0.717) is 17.1 Å². The maximum Gasteiger partial charge on any atom is 0.264 e. The lowest BCUT2D eigenvalue weighted by atomic mass is 10.1. The van der Waals surface area contributed by atoms with Crippen molar-refractivity contribution in [2.24, 2.45) is 5.10 Å². The standard InChI is InChI=1S/C26H29N3O4S/c1-18-6-12-25(13-7-18)34(31,32)29(23-15-19(2)14-20(3)16-23)17-26(30)28-27-21(4)22-8-10-24(33-5)11-9-22/h6-16H,17H2,1-5H3,(H,28,30)/b27-21-. The fourth-order valence-corrected chi connectivity index (χ4v) is 4.86. The van der Waals surface area contributed by atoms with Crippen LogP contribution in [0.3, 0.4) is 0 Å². The van der Waals surface area contributed by atoms with Gasteiger partial charge in [-0.3, -0.25) is 9.10 Å². The minimum Gasteiger partial charge on any atom is -0.497 e. The zero-order valence-electron chi connectivity index (χ0n) is 20.0. The van der Waals surface area contributed by atoms with Crippen molar-refractivity contribution in [1.82, 2.24) is 5.43 Å². The van der Waals surface area contributed by atoms with Crippen LogP contribution in [0.2, 0.25) is 0 Å². The highest BCUT2D eigenvalue weighted by Crippen LogP contribution is 2.26. The van der Waals surface area contributed by atoms with Gasteiger partial charge in [-0.25, -0.2) is 13.8 Å². The lowest BCUT2D eigenvalue weighted by Crippen LogP contribution is -2.39. The summed E-state index contributed by atoms with van der Waals surface area (Å²) in [5, 5.41) is 4.15. The molecule has 0 spiro atoms. The second-order valence-corrected chi connectivity index (χ2v) is 9.99. The first kappa shape index (κ1) is 25.0. The van der Waals surface area contributed by atoms with Crippen LogP contribution in [-0.2, 0) is 14.8 Å². The normalized spacial score (nSPS) is 11.7. The van der Waals surface area contributed by atoms with Crippen LogP contribution < -0.4 is 14.5 Å². The van der Waals surface area contributed by atoms with Crippen molar-refractivity contribution in [2.75, 3.05) is 18.0 Å². The summed E-state index contributed by atoms with van der Waals surface area (Å²) in [5.41, 5.74) is 7.02. The van der Waals surface area contributed by atoms with E-state index >= 15 is 0 Å². The molecule has 7 nitrogen and oxygen atoms in total. The van der Waals surface area contributed by atoms with Crippen molar-refractivity contribution < 1.29 is 17.9 Å². The average Bonchev–Trinajstić information content (AvgIpc) is 2.80. The molecule has 0 atom stereocenters. The van der Waals surface area contributed by atoms with Crippen LogP contribution in [-0.4, -0.2) is 33.7 Å². The molecular formula is C26H29N3O4S. The average molecular weight is 480 g/mol. The summed E-state index contributed by atoms with van der Waals surface area (Å²) < 4.78 is 33.3. The zero-order chi connectivity index (χ0) is 24.9. The first-order valence-electron chi connectivity index (χ1n) is 10.8. The quantitative estimate of drug-likeness (QED) is 0.384. The Morgan fingerprint density at radius 3 is 2.06 bits per heavy atom. The van der Waals surface area contributed by atoms with Gasteiger partial charge in [0, 0.05) is 0 Å². The topological polar surface area (TPSA) is 88.1 Å². The van der Waals surface area contributed by atoms with E-state index in [4.69, 9.17) is 4.74 Å². The molecule has 0 heterocycles. The molecule has 1 N–H and O–H groups in total. The highest BCUT2D eigenvalue weighted by molar-refractivity contribution is 7.92. The summed E-state index contributed by atoms with van der Waals surface area (Å²) in [6, 6.07) is 19.2. The number of anilines is 1. The molecule has 178 valence electrons. The smallest absolute Gasteiger partial charge is 0.264 e. The Morgan fingerprint density at radius 2 is 1.50 bits per heavy atom. The molecule has 0 aliphatic rings. The Bertz CT molecular complexity index is 1280. The van der Waals surface area contributed by atoms with Crippen LogP contribution in [0.15, 0.2) is 76.7 Å². The molecule has 0 radical (unpaired) electrons. The van der Waals surface area contributed by atoms with E-state index in [9.17, 15) is 13.2 Å². The number of hydrogen-bond donors (Lipinski definition) is 1. The Kier molecular flexibility index (Phi) is 7.73. The lowest BCUT2D eigenvalue weighted by molar-refractivity contribution is -0.119. The van der Waals surface area contributed by atoms with Gasteiger partial charge in [0.1, 0.15) is 12.3 Å². The Labute approximate surface area is 201 Å². The number of benzene rings is 3. The van der Waals surface area contributed by atoms with Crippen molar-refractivity contribution >= 4 is 27.3 Å². The van der Waals surface area contributed by atoms with Gasteiger partial charge < -0.3 is 4.74 Å². The first-order chi connectivity index (χ1) is 16.1. The maximum absolute atomic E-state index is 13.5. The van der Waals surface area contributed by atoms with Crippen LogP contribution in [0.1, 0.15) is 29.2 Å². The number of sulfonamides is 1. The number of rotatable bonds is 8. The highest BCUT2D eigenvalue weighted by atomic mass is 32.2. The predicted octanol–water partition coefficient (Wildman–Crippen LogP) is 4.36. The monoisotopic (exact) mass is 479 g/mol. The molecule has 0 unspecified atom stereocenters. The number of nitrogens with one attached hydrogen (secondary N) is 1. The summed E-state index contributed by atoms with van der Waals surface area (Å²) in [7, 11) is -2.40. The third kappa shape index (κ3) is 6.02. The van der Waals surface area contributed by atoms with Gasteiger partial charge in [-0.05, 0) is 92.9 Å². The minimum atomic E-state index is -3.99. The number of ether oxygens (including phenoxy) is 1. The molecule has 0 saturated carbocycles. The first-order valence-corrected chi connectivity index (χ1v) is 12.2. The molecule has 1 amide bonds. The molecule has 0 fully saturated rings. The van der Waals surface area contributed by atoms with Crippen molar-refractivity contribution in [3.05, 3.63) is 89.0 Å². The molecule has 0 saturated heterocycles. The summed E-state index contributed by atoms with van der Waals surface area (Å²) in [6.45, 7) is 6.99. The molecule has 0 bridgehead atoms. The molecule has 3 aromatic carbocycles. The summed E-state index contributed by atoms with van der Waals surface area (Å²) in [5.74, 6) is 0.161. The van der Waals surface area contributed by atoms with Gasteiger partial charge in [0.15, 0.2) is 0 Å². The van der Waals surface area contributed by atoms with Crippen molar-refractivity contribution in [3.8, 4) is 5.75 Å². The number of carbonyl (C=O) groups excluding carboxylic acids is 1. The molecule has 0 aliphatic carbocycles. The largest absolute Gasteiger partial charge is 0.497 e. The number of hydrazone groups is 1. The molecular weight excluding hydrogens is 450 g/mol. The van der Waals surface area contributed by atoms with Crippen LogP contribution in [0.5, 0.6) is 5.75 Å². The van der Waals surface area contributed by atoms with Gasteiger partial charge in [-0.15, -0.1) is 0 Å². The fraction of sp³-hybridized carbons (Fsp3) is 0.231. The van der Waals surface area contributed by atoms with Crippen molar-refractivity contribution in [1.29, 1.82) is 0 Å². The number of methoxy groups -OCH3 is 1. The van der Waals surface area contributed by atoms with E-state index in [0.717, 1.165) is 26.6 Å². The molecule has 0 aliphatic heterocycles. The number of amides is 1. The second kappa shape index (κ2) is 10.5. The van der Waals surface area contributed by atoms with Crippen molar-refractivity contribution in [3.63, 3.8) is 0 Å². The van der Waals surface area contributed by atoms with Crippen LogP contribution in [0, 0.1) is 20.8 Å². The van der Waals surface area contributed by atoms with Crippen molar-refractivity contribution in [2.45, 2.75) is 32.6 Å². The molecule has 34 heavy (non-hydrogen) atoms. The molecule has 3 aromatic rings. The van der Waals surface area contributed by atoms with Crippen LogP contribution in [0.25, 0.3) is 0 Å². The second-order valence-electron chi connectivity index (χ2n) is 8.13. The van der Waals surface area contributed by atoms with E-state index in [-0.39, 0.29) is 4.90 Å². The SMILES string of the molecule is COc1ccc(/C(C)=N\NC(=O)CN(c2cc(C)cc(C)c2)S(=O)(=O)c2ccc(C)cc2)cc1. The maximum atomic E-state index is 13.5. The third-order valence-electron chi connectivity index (χ3n) is 5.25. The van der Waals surface area contributed by atoms with Gasteiger partial charge in [-0.1, -0.05) is 23.8 Å². The zero-order valence-corrected chi connectivity index (χ0v) is 20.8. The van der Waals surface area contributed by atoms with E-state index in [2.05, 4.69) is 10.5 Å². The van der Waals surface area contributed by atoms with Gasteiger partial charge in [0.25, 0.3) is 15.9 Å². The Balaban J connectivity index is 1.89.